The molecular weight excluding hydrogens is 212 g/mol. The molecule has 2 N–H and O–H groups in total. The third-order valence-corrected chi connectivity index (χ3v) is 3.07. The van der Waals surface area contributed by atoms with Gasteiger partial charge in [0.1, 0.15) is 5.75 Å². The van der Waals surface area contributed by atoms with E-state index in [0.29, 0.717) is 0 Å². The number of hydrogen-bond acceptors (Lipinski definition) is 3. The predicted molar refractivity (Wildman–Crippen MR) is 73.9 cm³/mol. The van der Waals surface area contributed by atoms with Crippen LogP contribution in [0.25, 0.3) is 5.57 Å². The molecule has 0 spiro atoms. The van der Waals surface area contributed by atoms with Crippen molar-refractivity contribution >= 4 is 16.9 Å². The molecule has 0 amide bonds. The summed E-state index contributed by atoms with van der Waals surface area (Å²) in [4.78, 5) is 0. The maximum Gasteiger partial charge on any atom is 0.144 e. The van der Waals surface area contributed by atoms with Gasteiger partial charge in [-0.15, -0.1) is 0 Å². The number of benzene rings is 1. The Kier molecular flexibility index (Phi) is 2.77. The Hall–Kier alpha value is -1.64. The van der Waals surface area contributed by atoms with Crippen molar-refractivity contribution in [3.63, 3.8) is 0 Å². The molecule has 1 aromatic carbocycles. The van der Waals surface area contributed by atoms with Crippen molar-refractivity contribution in [2.75, 3.05) is 24.8 Å². The Balaban J connectivity index is 2.57. The van der Waals surface area contributed by atoms with Gasteiger partial charge < -0.3 is 15.4 Å². The molecule has 3 nitrogen and oxygen atoms in total. The molecule has 1 aliphatic heterocycles. The van der Waals surface area contributed by atoms with Crippen LogP contribution in [-0.4, -0.2) is 19.7 Å². The number of hydrogen-bond donors (Lipinski definition) is 2. The molecule has 0 saturated heterocycles. The smallest absolute Gasteiger partial charge is 0.144 e. The van der Waals surface area contributed by atoms with Crippen molar-refractivity contribution in [3.8, 4) is 5.75 Å². The lowest BCUT2D eigenvalue weighted by Crippen LogP contribution is -2.31. The van der Waals surface area contributed by atoms with Crippen molar-refractivity contribution in [2.45, 2.75) is 26.3 Å². The van der Waals surface area contributed by atoms with Gasteiger partial charge in [-0.1, -0.05) is 6.08 Å². The summed E-state index contributed by atoms with van der Waals surface area (Å²) in [5.74, 6) is 0.865. The molecule has 0 bridgehead atoms. The number of nitrogens with one attached hydrogen (secondary N) is 2. The lowest BCUT2D eigenvalue weighted by atomic mass is 9.91. The van der Waals surface area contributed by atoms with E-state index in [4.69, 9.17) is 4.74 Å². The number of ether oxygens (including phenoxy) is 1. The van der Waals surface area contributed by atoms with E-state index in [1.807, 2.05) is 7.05 Å². The van der Waals surface area contributed by atoms with Gasteiger partial charge >= 0.3 is 0 Å². The normalized spacial score (nSPS) is 16.6. The molecule has 17 heavy (non-hydrogen) atoms. The maximum atomic E-state index is 5.38. The van der Waals surface area contributed by atoms with E-state index in [1.165, 1.54) is 11.1 Å². The highest BCUT2D eigenvalue weighted by Gasteiger charge is 2.23. The van der Waals surface area contributed by atoms with Crippen LogP contribution in [0.5, 0.6) is 5.75 Å². The first-order valence-electron chi connectivity index (χ1n) is 5.84. The van der Waals surface area contributed by atoms with Gasteiger partial charge in [0, 0.05) is 24.4 Å². The summed E-state index contributed by atoms with van der Waals surface area (Å²) in [5.41, 5.74) is 4.66. The summed E-state index contributed by atoms with van der Waals surface area (Å²) in [6.45, 7) is 6.48. The first-order chi connectivity index (χ1) is 7.96. The number of fused-ring (bicyclic) bond motifs is 1. The van der Waals surface area contributed by atoms with Crippen molar-refractivity contribution in [3.05, 3.63) is 23.8 Å². The highest BCUT2D eigenvalue weighted by atomic mass is 16.5. The molecule has 92 valence electrons. The molecular formula is C14H20N2O. The van der Waals surface area contributed by atoms with Crippen LogP contribution in [-0.2, 0) is 0 Å². The average Bonchev–Trinajstić information content (AvgIpc) is 2.26. The lowest BCUT2D eigenvalue weighted by molar-refractivity contribution is 0.416. The van der Waals surface area contributed by atoms with Gasteiger partial charge in [-0.2, -0.15) is 0 Å². The highest BCUT2D eigenvalue weighted by Crippen LogP contribution is 2.39. The van der Waals surface area contributed by atoms with Gasteiger partial charge in [-0.3, -0.25) is 0 Å². The maximum absolute atomic E-state index is 5.38. The molecule has 3 heteroatoms. The standard InChI is InChI=1S/C14H20N2O/c1-9-8-14(2,3)16-11-7-13(17-5)12(15-4)6-10(9)11/h6-8,15-16H,1-5H3. The minimum Gasteiger partial charge on any atom is -0.495 e. The molecule has 0 fully saturated rings. The predicted octanol–water partition coefficient (Wildman–Crippen LogP) is 3.34. The monoisotopic (exact) mass is 232 g/mol. The van der Waals surface area contributed by atoms with E-state index < -0.39 is 0 Å². The van der Waals surface area contributed by atoms with Gasteiger partial charge in [-0.25, -0.2) is 0 Å². The highest BCUT2D eigenvalue weighted by molar-refractivity contribution is 5.84. The second kappa shape index (κ2) is 3.99. The largest absolute Gasteiger partial charge is 0.495 e. The third-order valence-electron chi connectivity index (χ3n) is 3.07. The molecule has 0 aliphatic carbocycles. The van der Waals surface area contributed by atoms with Crippen LogP contribution in [0.1, 0.15) is 26.3 Å². The van der Waals surface area contributed by atoms with Crippen LogP contribution in [0.15, 0.2) is 18.2 Å². The summed E-state index contributed by atoms with van der Waals surface area (Å²) >= 11 is 0. The zero-order valence-corrected chi connectivity index (χ0v) is 11.1. The van der Waals surface area contributed by atoms with Crippen LogP contribution in [0.4, 0.5) is 11.4 Å². The average molecular weight is 232 g/mol. The Morgan fingerprint density at radius 2 is 2.00 bits per heavy atom. The summed E-state index contributed by atoms with van der Waals surface area (Å²) < 4.78 is 5.38. The first kappa shape index (κ1) is 11.8. The lowest BCUT2D eigenvalue weighted by Gasteiger charge is -2.32. The molecule has 1 aliphatic rings. The molecule has 2 rings (SSSR count). The second-order valence-corrected chi connectivity index (χ2v) is 5.02. The summed E-state index contributed by atoms with van der Waals surface area (Å²) in [6.07, 6.45) is 2.25. The van der Waals surface area contributed by atoms with E-state index in [2.05, 4.69) is 49.6 Å². The van der Waals surface area contributed by atoms with Gasteiger partial charge in [0.15, 0.2) is 0 Å². The quantitative estimate of drug-likeness (QED) is 0.820. The van der Waals surface area contributed by atoms with Crippen LogP contribution in [0.2, 0.25) is 0 Å². The van der Waals surface area contributed by atoms with Gasteiger partial charge in [0.25, 0.3) is 0 Å². The molecule has 0 saturated carbocycles. The molecule has 1 heterocycles. The van der Waals surface area contributed by atoms with Crippen molar-refractivity contribution in [1.82, 2.24) is 0 Å². The number of allylic oxidation sites excluding steroid dienone is 1. The van der Waals surface area contributed by atoms with Gasteiger partial charge in [0.2, 0.25) is 0 Å². The van der Waals surface area contributed by atoms with Gasteiger partial charge in [0.05, 0.1) is 18.3 Å². The van der Waals surface area contributed by atoms with Crippen LogP contribution in [0, 0.1) is 0 Å². The third kappa shape index (κ3) is 2.09. The SMILES string of the molecule is CNc1cc2c(cc1OC)NC(C)(C)C=C2C. The van der Waals surface area contributed by atoms with E-state index in [9.17, 15) is 0 Å². The Bertz CT molecular complexity index is 475. The molecule has 0 atom stereocenters. The van der Waals surface area contributed by atoms with Crippen molar-refractivity contribution in [1.29, 1.82) is 0 Å². The van der Waals surface area contributed by atoms with Crippen LogP contribution >= 0.6 is 0 Å². The summed E-state index contributed by atoms with van der Waals surface area (Å²) in [5, 5.41) is 6.67. The van der Waals surface area contributed by atoms with E-state index >= 15 is 0 Å². The molecule has 1 aromatic rings. The first-order valence-corrected chi connectivity index (χ1v) is 5.84. The van der Waals surface area contributed by atoms with Crippen LogP contribution < -0.4 is 15.4 Å². The number of methoxy groups -OCH3 is 1. The second-order valence-electron chi connectivity index (χ2n) is 5.02. The Morgan fingerprint density at radius 3 is 2.59 bits per heavy atom. The molecule has 0 unspecified atom stereocenters. The molecule has 0 radical (unpaired) electrons. The summed E-state index contributed by atoms with van der Waals surface area (Å²) in [7, 11) is 3.60. The topological polar surface area (TPSA) is 33.3 Å². The Morgan fingerprint density at radius 1 is 1.29 bits per heavy atom. The molecule has 0 aromatic heterocycles. The fourth-order valence-electron chi connectivity index (χ4n) is 2.38. The van der Waals surface area contributed by atoms with Crippen molar-refractivity contribution in [2.24, 2.45) is 0 Å². The number of anilines is 2. The number of rotatable bonds is 2. The van der Waals surface area contributed by atoms with E-state index in [1.54, 1.807) is 7.11 Å². The summed E-state index contributed by atoms with van der Waals surface area (Å²) in [6, 6.07) is 4.18. The van der Waals surface area contributed by atoms with Crippen LogP contribution in [0.3, 0.4) is 0 Å². The van der Waals surface area contributed by atoms with E-state index in [0.717, 1.165) is 17.1 Å². The fourth-order valence-corrected chi connectivity index (χ4v) is 2.38. The minimum absolute atomic E-state index is 0.0107. The van der Waals surface area contributed by atoms with E-state index in [-0.39, 0.29) is 5.54 Å². The zero-order valence-electron chi connectivity index (χ0n) is 11.1. The minimum atomic E-state index is -0.0107. The zero-order chi connectivity index (χ0) is 12.6. The van der Waals surface area contributed by atoms with Gasteiger partial charge in [-0.05, 0) is 32.4 Å². The van der Waals surface area contributed by atoms with Crippen molar-refractivity contribution < 1.29 is 4.74 Å². The Labute approximate surface area is 103 Å². The fraction of sp³-hybridized carbons (Fsp3) is 0.429.